The minimum Gasteiger partial charge on any atom is -0.298 e. The van der Waals surface area contributed by atoms with Crippen molar-refractivity contribution in [1.29, 1.82) is 0 Å². The number of benzene rings is 1. The van der Waals surface area contributed by atoms with Crippen molar-refractivity contribution >= 4 is 31.6 Å². The minimum absolute atomic E-state index is 0.0226. The highest BCUT2D eigenvalue weighted by atomic mass is 32.2. The maximum absolute atomic E-state index is 12.9. The van der Waals surface area contributed by atoms with Gasteiger partial charge in [-0.3, -0.25) is 9.36 Å². The Morgan fingerprint density at radius 1 is 1.22 bits per heavy atom. The number of hydrogen-bond donors (Lipinski definition) is 0. The first kappa shape index (κ1) is 18.3. The third-order valence-electron chi connectivity index (χ3n) is 4.74. The van der Waals surface area contributed by atoms with Crippen LogP contribution >= 0.6 is 11.3 Å². The number of thiophene rings is 1. The van der Waals surface area contributed by atoms with Crippen LogP contribution in [0.15, 0.2) is 46.3 Å². The van der Waals surface area contributed by atoms with Gasteiger partial charge in [0.15, 0.2) is 0 Å². The summed E-state index contributed by atoms with van der Waals surface area (Å²) in [4.78, 5) is 19.3. The van der Waals surface area contributed by atoms with Crippen LogP contribution in [0.25, 0.3) is 10.2 Å². The van der Waals surface area contributed by atoms with Crippen molar-refractivity contribution in [1.82, 2.24) is 13.9 Å². The second kappa shape index (κ2) is 6.85. The Morgan fingerprint density at radius 2 is 1.96 bits per heavy atom. The standard InChI is InChI=1S/C19H21N3O3S2/c1-13(2)10-21-12-20-18-17(19(21)23)15-8-9-22(11-16(15)26-18)27(24,25)14-6-4-3-5-7-14/h3-7,12-13H,8-11H2,1-2H3. The van der Waals surface area contributed by atoms with Crippen molar-refractivity contribution in [2.45, 2.75) is 38.3 Å². The highest BCUT2D eigenvalue weighted by Gasteiger charge is 2.31. The molecule has 6 nitrogen and oxygen atoms in total. The topological polar surface area (TPSA) is 72.3 Å². The van der Waals surface area contributed by atoms with Crippen LogP contribution in [0.1, 0.15) is 24.3 Å². The number of fused-ring (bicyclic) bond motifs is 3. The van der Waals surface area contributed by atoms with Gasteiger partial charge in [-0.05, 0) is 30.0 Å². The monoisotopic (exact) mass is 403 g/mol. The first-order chi connectivity index (χ1) is 12.9. The molecule has 27 heavy (non-hydrogen) atoms. The van der Waals surface area contributed by atoms with E-state index >= 15 is 0 Å². The molecule has 2 aromatic heterocycles. The molecule has 0 aliphatic carbocycles. The zero-order chi connectivity index (χ0) is 19.2. The maximum Gasteiger partial charge on any atom is 0.262 e. The fourth-order valence-electron chi connectivity index (χ4n) is 3.47. The largest absolute Gasteiger partial charge is 0.298 e. The summed E-state index contributed by atoms with van der Waals surface area (Å²) in [5, 5.41) is 0.662. The molecule has 0 saturated heterocycles. The molecule has 8 heteroatoms. The first-order valence-electron chi connectivity index (χ1n) is 8.93. The SMILES string of the molecule is CC(C)Cn1cnc2sc3c(c2c1=O)CCN(S(=O)(=O)c1ccccc1)C3. The molecule has 1 aromatic carbocycles. The molecule has 0 N–H and O–H groups in total. The predicted octanol–water partition coefficient (Wildman–Crippen LogP) is 2.86. The molecule has 3 heterocycles. The normalized spacial score (nSPS) is 15.4. The Morgan fingerprint density at radius 3 is 2.67 bits per heavy atom. The molecule has 0 spiro atoms. The van der Waals surface area contributed by atoms with E-state index in [-0.39, 0.29) is 12.1 Å². The Labute approximate surface area is 162 Å². The maximum atomic E-state index is 12.9. The molecule has 4 rings (SSSR count). The van der Waals surface area contributed by atoms with E-state index in [4.69, 9.17) is 0 Å². The fourth-order valence-corrected chi connectivity index (χ4v) is 6.17. The molecule has 0 unspecified atom stereocenters. The van der Waals surface area contributed by atoms with Crippen molar-refractivity contribution in [2.75, 3.05) is 6.54 Å². The summed E-state index contributed by atoms with van der Waals surface area (Å²) < 4.78 is 29.0. The lowest BCUT2D eigenvalue weighted by Crippen LogP contribution is -2.35. The van der Waals surface area contributed by atoms with Gasteiger partial charge in [-0.25, -0.2) is 13.4 Å². The van der Waals surface area contributed by atoms with Crippen molar-refractivity contribution in [3.05, 3.63) is 57.5 Å². The molecule has 142 valence electrons. The quantitative estimate of drug-likeness (QED) is 0.672. The molecule has 0 bridgehead atoms. The van der Waals surface area contributed by atoms with Gasteiger partial charge in [-0.1, -0.05) is 32.0 Å². The van der Waals surface area contributed by atoms with Gasteiger partial charge in [0.2, 0.25) is 10.0 Å². The van der Waals surface area contributed by atoms with Crippen molar-refractivity contribution in [2.24, 2.45) is 5.92 Å². The first-order valence-corrected chi connectivity index (χ1v) is 11.2. The van der Waals surface area contributed by atoms with Crippen LogP contribution in [0.5, 0.6) is 0 Å². The van der Waals surface area contributed by atoms with Crippen LogP contribution in [-0.2, 0) is 29.5 Å². The lowest BCUT2D eigenvalue weighted by molar-refractivity contribution is 0.396. The van der Waals surface area contributed by atoms with Gasteiger partial charge in [0, 0.05) is 24.5 Å². The molecule has 0 saturated carbocycles. The van der Waals surface area contributed by atoms with E-state index in [0.29, 0.717) is 40.5 Å². The lowest BCUT2D eigenvalue weighted by atomic mass is 10.1. The number of sulfonamides is 1. The highest BCUT2D eigenvalue weighted by Crippen LogP contribution is 2.34. The minimum atomic E-state index is -3.54. The highest BCUT2D eigenvalue weighted by molar-refractivity contribution is 7.89. The van der Waals surface area contributed by atoms with Crippen LogP contribution in [0, 0.1) is 5.92 Å². The molecule has 0 amide bonds. The molecule has 1 aliphatic rings. The Hall–Kier alpha value is -2.03. The van der Waals surface area contributed by atoms with Crippen molar-refractivity contribution in [3.8, 4) is 0 Å². The third-order valence-corrected chi connectivity index (χ3v) is 7.72. The van der Waals surface area contributed by atoms with Crippen LogP contribution in [0.3, 0.4) is 0 Å². The van der Waals surface area contributed by atoms with Gasteiger partial charge >= 0.3 is 0 Å². The number of aromatic nitrogens is 2. The molecule has 0 atom stereocenters. The summed E-state index contributed by atoms with van der Waals surface area (Å²) in [6.45, 7) is 5.41. The molecular formula is C19H21N3O3S2. The average molecular weight is 404 g/mol. The second-order valence-corrected chi connectivity index (χ2v) is 10.2. The lowest BCUT2D eigenvalue weighted by Gasteiger charge is -2.26. The third kappa shape index (κ3) is 3.22. The van der Waals surface area contributed by atoms with E-state index in [9.17, 15) is 13.2 Å². The van der Waals surface area contributed by atoms with E-state index in [0.717, 1.165) is 10.4 Å². The Bertz CT molecular complexity index is 1150. The van der Waals surface area contributed by atoms with Gasteiger partial charge in [-0.2, -0.15) is 4.31 Å². The van der Waals surface area contributed by atoms with Crippen LogP contribution in [0.4, 0.5) is 0 Å². The average Bonchev–Trinajstić information content (AvgIpc) is 3.03. The molecule has 3 aromatic rings. The van der Waals surface area contributed by atoms with Crippen molar-refractivity contribution in [3.63, 3.8) is 0 Å². The number of rotatable bonds is 4. The van der Waals surface area contributed by atoms with Crippen molar-refractivity contribution < 1.29 is 8.42 Å². The summed E-state index contributed by atoms with van der Waals surface area (Å²) in [5.41, 5.74) is 0.940. The van der Waals surface area contributed by atoms with Gasteiger partial charge in [-0.15, -0.1) is 11.3 Å². The zero-order valence-corrected chi connectivity index (χ0v) is 16.9. The molecular weight excluding hydrogens is 382 g/mol. The van der Waals surface area contributed by atoms with Crippen LogP contribution < -0.4 is 5.56 Å². The van der Waals surface area contributed by atoms with E-state index in [2.05, 4.69) is 18.8 Å². The predicted molar refractivity (Wildman–Crippen MR) is 106 cm³/mol. The summed E-state index contributed by atoms with van der Waals surface area (Å²) in [6.07, 6.45) is 2.13. The number of nitrogens with zero attached hydrogens (tertiary/aromatic N) is 3. The summed E-state index contributed by atoms with van der Waals surface area (Å²) in [7, 11) is -3.54. The van der Waals surface area contributed by atoms with Gasteiger partial charge < -0.3 is 0 Å². The van der Waals surface area contributed by atoms with Crippen LogP contribution in [0.2, 0.25) is 0 Å². The molecule has 1 aliphatic heterocycles. The Balaban J connectivity index is 1.73. The van der Waals surface area contributed by atoms with E-state index in [1.165, 1.54) is 15.6 Å². The van der Waals surface area contributed by atoms with Gasteiger partial charge in [0.25, 0.3) is 5.56 Å². The summed E-state index contributed by atoms with van der Waals surface area (Å²) in [6, 6.07) is 8.47. The molecule has 0 fully saturated rings. The fraction of sp³-hybridized carbons (Fsp3) is 0.368. The van der Waals surface area contributed by atoms with E-state index in [1.54, 1.807) is 41.2 Å². The van der Waals surface area contributed by atoms with Gasteiger partial charge in [0.1, 0.15) is 4.83 Å². The van der Waals surface area contributed by atoms with Gasteiger partial charge in [0.05, 0.1) is 16.6 Å². The smallest absolute Gasteiger partial charge is 0.262 e. The number of hydrogen-bond acceptors (Lipinski definition) is 5. The van der Waals surface area contributed by atoms with E-state index < -0.39 is 10.0 Å². The second-order valence-electron chi connectivity index (χ2n) is 7.18. The Kier molecular flexibility index (Phi) is 4.65. The summed E-state index contributed by atoms with van der Waals surface area (Å²) >= 11 is 1.43. The zero-order valence-electron chi connectivity index (χ0n) is 15.3. The van der Waals surface area contributed by atoms with E-state index in [1.807, 2.05) is 0 Å². The molecule has 0 radical (unpaired) electrons. The van der Waals surface area contributed by atoms with Crippen LogP contribution in [-0.4, -0.2) is 28.8 Å². The summed E-state index contributed by atoms with van der Waals surface area (Å²) in [5.74, 6) is 0.350.